The number of nitrogens with zero attached hydrogens (tertiary/aromatic N) is 28. The van der Waals surface area contributed by atoms with Gasteiger partial charge in [-0.2, -0.15) is 64.9 Å². The first-order valence-corrected chi connectivity index (χ1v) is 34.7. The summed E-state index contributed by atoms with van der Waals surface area (Å²) >= 11 is 10.8. The Bertz CT molecular complexity index is 5130. The number of aliphatic hydroxyl groups excluding tert-OH is 2. The molecule has 0 aliphatic carbocycles. The molecule has 0 spiro atoms. The number of rotatable bonds is 20. The number of anilines is 7. The van der Waals surface area contributed by atoms with Crippen molar-refractivity contribution in [1.82, 2.24) is 114 Å². The normalized spacial score (nSPS) is 10.1. The van der Waals surface area contributed by atoms with Crippen molar-refractivity contribution in [3.05, 3.63) is 142 Å². The van der Waals surface area contributed by atoms with Gasteiger partial charge in [-0.15, -0.1) is 20.5 Å². The van der Waals surface area contributed by atoms with Gasteiger partial charge in [0.1, 0.15) is 107 Å². The molecule has 0 aliphatic heterocycles. The second-order valence-corrected chi connectivity index (χ2v) is 22.8. The Morgan fingerprint density at radius 3 is 1.23 bits per heavy atom. The zero-order valence-electron chi connectivity index (χ0n) is 69.2. The maximum absolute atomic E-state index is 12.0. The van der Waals surface area contributed by atoms with Crippen molar-refractivity contribution >= 4 is 123 Å². The number of halogens is 2. The van der Waals surface area contributed by atoms with Gasteiger partial charge in [0, 0.05) is 78.9 Å². The molecule has 0 atom stereocenters. The summed E-state index contributed by atoms with van der Waals surface area (Å²) in [6.45, 7) is 7.54. The van der Waals surface area contributed by atoms with E-state index in [1.807, 2.05) is 20.6 Å². The van der Waals surface area contributed by atoms with Crippen molar-refractivity contribution in [2.24, 2.45) is 70.8 Å². The number of esters is 4. The number of methoxy groups -OCH3 is 7. The van der Waals surface area contributed by atoms with E-state index in [1.54, 1.807) is 93.9 Å². The molecule has 0 radical (unpaired) electrons. The van der Waals surface area contributed by atoms with Crippen LogP contribution in [0.15, 0.2) is 112 Å². The summed E-state index contributed by atoms with van der Waals surface area (Å²) in [6, 6.07) is 13.1. The van der Waals surface area contributed by atoms with E-state index in [0.29, 0.717) is 68.0 Å². The van der Waals surface area contributed by atoms with Crippen LogP contribution >= 0.6 is 23.2 Å². The summed E-state index contributed by atoms with van der Waals surface area (Å²) in [5.41, 5.74) is 40.3. The number of nitriles is 2. The molecule has 0 saturated carbocycles. The zero-order valence-corrected chi connectivity index (χ0v) is 70.8. The number of aromatic nitrogens is 22. The van der Waals surface area contributed by atoms with E-state index in [1.165, 1.54) is 123 Å². The van der Waals surface area contributed by atoms with E-state index in [-0.39, 0.29) is 76.0 Å². The summed E-state index contributed by atoms with van der Waals surface area (Å²) in [6.07, 6.45) is 10.3. The standard InChI is InChI=1S/C24H26N16O4.C12H14N8.C6H9N3O2.C6H7NO3.C4H2Cl2N2.C4H8N6.C4H5NO2.C4H10O3.CH6N2.CH2O.H4N2/c1-11-18(31-33-22-13(15(42)9-41)7-29-37(22)3)20(25)39(35-11)16-6-17(28-10-27-16)40-21(26)19(12(2)36-40)32-34-23-14(24(43)44-5)8-30-38(23)4;1-7-3-9(13)19(17-7)11-5-12(16-6-15-11)20-10(14)4-8(2)18-20;1-9-5(7)4(3-8-9)6(10)11-2;1-10-6(9)5(4-7)2-3-8;5-3-1-4(6)8-2-7-3;5-9-3-1-4(10-6)8-2-7-3;1-7-4(6)2-3-5;1-5-4(6-2)7-3;1-3-2;2*1-2/h6-8,10,41H,9,25-26H2,1-5H3;3-6H,13-14H2,1-2H3;3H,7H2,1-2H3;2,8H,3H2,1H3;1-2H;1-2H,5-6H2,(H2,7,8,9,10);2H2,1H3;4H,1-3H3;3H,2H2,1H3;1H2;1-2H2/b;;;5-2+;;;;;;;. The van der Waals surface area contributed by atoms with Gasteiger partial charge in [-0.1, -0.05) is 23.2 Å². The van der Waals surface area contributed by atoms with Gasteiger partial charge >= 0.3 is 23.9 Å². The first-order valence-electron chi connectivity index (χ1n) is 33.9. The molecule has 58 heteroatoms. The highest BCUT2D eigenvalue weighted by Gasteiger charge is 2.23. The number of carbonyl (C=O) groups excluding carboxylic acids is 6. The Morgan fingerprint density at radius 1 is 0.532 bits per heavy atom. The third kappa shape index (κ3) is 33.1. The molecule has 0 aromatic carbocycles. The monoisotopic (exact) mass is 1770 g/mol. The van der Waals surface area contributed by atoms with Crippen LogP contribution in [-0.4, -0.2) is 232 Å². The molecule has 0 aliphatic rings. The average molecular weight is 1770 g/mol. The Labute approximate surface area is 715 Å². The molecule has 25 N–H and O–H groups in total. The number of Topliss-reactive ketones (excluding diaryl/α,β-unsaturated/α-hetero) is 1. The number of nitrogens with two attached hydrogens (primary N) is 10. The Hall–Kier alpha value is -15.3. The van der Waals surface area contributed by atoms with Gasteiger partial charge in [-0.3, -0.25) is 37.2 Å². The zero-order chi connectivity index (χ0) is 93.9. The number of hydrogen-bond donors (Lipinski definition) is 15. The fraction of sp³-hybridized carbons (Fsp3) is 0.288. The van der Waals surface area contributed by atoms with Gasteiger partial charge < -0.3 is 87.7 Å². The lowest BCUT2D eigenvalue weighted by Crippen LogP contribution is -2.14. The summed E-state index contributed by atoms with van der Waals surface area (Å²) in [4.78, 5) is 95.1. The topological polar surface area (TPSA) is 829 Å². The number of nitrogen functional groups attached to an aromatic ring is 7. The molecule has 11 heterocycles. The number of hydrogen-bond acceptors (Lipinski definition) is 49. The second-order valence-electron chi connectivity index (χ2n) is 22.1. The molecule has 11 aromatic rings. The van der Waals surface area contributed by atoms with Crippen LogP contribution in [0.5, 0.6) is 0 Å². The first kappa shape index (κ1) is 107. The van der Waals surface area contributed by atoms with Crippen molar-refractivity contribution < 1.29 is 72.1 Å². The van der Waals surface area contributed by atoms with Crippen molar-refractivity contribution in [1.29, 1.82) is 10.5 Å². The van der Waals surface area contributed by atoms with Crippen LogP contribution < -0.4 is 74.2 Å². The third-order valence-electron chi connectivity index (χ3n) is 13.9. The fourth-order valence-corrected chi connectivity index (χ4v) is 8.74. The molecule has 56 nitrogen and oxygen atoms in total. The lowest BCUT2D eigenvalue weighted by molar-refractivity contribution is -0.252. The molecule has 0 amide bonds. The second kappa shape index (κ2) is 57.0. The van der Waals surface area contributed by atoms with Crippen LogP contribution in [0.25, 0.3) is 23.3 Å². The van der Waals surface area contributed by atoms with Crippen LogP contribution in [-0.2, 0) is 68.7 Å². The van der Waals surface area contributed by atoms with E-state index in [9.17, 15) is 29.1 Å². The molecule has 0 bridgehead atoms. The summed E-state index contributed by atoms with van der Waals surface area (Å²) in [7, 11) is 16.0. The van der Waals surface area contributed by atoms with E-state index in [0.717, 1.165) is 17.5 Å². The highest BCUT2D eigenvalue weighted by Crippen LogP contribution is 2.34. The fourth-order valence-electron chi connectivity index (χ4n) is 8.39. The van der Waals surface area contributed by atoms with Gasteiger partial charge in [-0.05, 0) is 40.8 Å². The molecule has 666 valence electrons. The summed E-state index contributed by atoms with van der Waals surface area (Å²) in [5.74, 6) is 24.4. The Balaban J connectivity index is 0.000000794. The van der Waals surface area contributed by atoms with E-state index >= 15 is 0 Å². The van der Waals surface area contributed by atoms with Gasteiger partial charge in [0.2, 0.25) is 0 Å². The SMILES string of the molecule is C=O.CNN.COC(=O)/C(C#N)=C/CO.COC(=O)CC#N.COC(=O)c1cnn(C)c1N.COC(=O)c1cnn(C)c1N=Nc1c(C)nn(-c2cc(-n3nc(C)c(N=Nc4c(C(=O)CO)cnn4C)c3N)ncn2)c1N.COC(OC)OC.Cc1cc(N)n(-c2cc(-n3nc(C)cc3N)ncn2)n1.Clc1cc(Cl)ncn1.NN.NNc1cc(NN)ncn1. The molecule has 11 aromatic heterocycles. The highest BCUT2D eigenvalue weighted by molar-refractivity contribution is 6.33. The minimum atomic E-state index is -0.725. The minimum absolute atomic E-state index is 0.102. The number of aliphatic hydroxyl groups is 2. The summed E-state index contributed by atoms with van der Waals surface area (Å²) in [5, 5.41) is 80.2. The van der Waals surface area contributed by atoms with Gasteiger partial charge in [0.15, 0.2) is 63.7 Å². The van der Waals surface area contributed by atoms with Crippen LogP contribution in [0.4, 0.5) is 63.7 Å². The lowest BCUT2D eigenvalue weighted by atomic mass is 10.2. The average Bonchev–Trinajstić information content (AvgIpc) is 1.63. The maximum Gasteiger partial charge on any atom is 0.348 e. The number of carbonyl (C=O) groups is 6. The number of ketones is 1. The predicted molar refractivity (Wildman–Crippen MR) is 444 cm³/mol. The van der Waals surface area contributed by atoms with E-state index < -0.39 is 42.7 Å². The minimum Gasteiger partial charge on any atom is -0.468 e. The summed E-state index contributed by atoms with van der Waals surface area (Å²) < 4.78 is 41.3. The smallest absolute Gasteiger partial charge is 0.348 e. The molecule has 0 saturated heterocycles. The molecule has 124 heavy (non-hydrogen) atoms. The Morgan fingerprint density at radius 2 is 0.919 bits per heavy atom. The lowest BCUT2D eigenvalue weighted by Gasteiger charge is -2.08. The van der Waals surface area contributed by atoms with Crippen molar-refractivity contribution in [3.63, 3.8) is 0 Å². The number of nitrogens with one attached hydrogen (secondary N) is 3. The van der Waals surface area contributed by atoms with Gasteiger partial charge in [-0.25, -0.2) is 75.3 Å². The van der Waals surface area contributed by atoms with Crippen LogP contribution in [0.3, 0.4) is 0 Å². The molecule has 0 unspecified atom stereocenters. The van der Waals surface area contributed by atoms with Gasteiger partial charge in [0.25, 0.3) is 6.48 Å². The van der Waals surface area contributed by atoms with Crippen LogP contribution in [0, 0.1) is 50.4 Å². The molecular weight excluding hydrogens is 1680 g/mol. The molecule has 11 rings (SSSR count). The third-order valence-corrected chi connectivity index (χ3v) is 14.4. The van der Waals surface area contributed by atoms with Gasteiger partial charge in [0.05, 0.1) is 88.0 Å². The quantitative estimate of drug-likeness (QED) is 0.00478. The van der Waals surface area contributed by atoms with E-state index in [4.69, 9.17) is 88.7 Å². The predicted octanol–water partition coefficient (Wildman–Crippen LogP) is 0.735. The van der Waals surface area contributed by atoms with Crippen molar-refractivity contribution in [3.8, 4) is 35.4 Å². The number of ether oxygens (including phenoxy) is 7. The van der Waals surface area contributed by atoms with E-state index in [2.05, 4.69) is 158 Å². The number of aryl methyl sites for hydroxylation is 7. The maximum atomic E-state index is 12.0. The first-order chi connectivity index (χ1) is 59.2. The molecule has 0 fully saturated rings. The number of hydrazine groups is 4. The van der Waals surface area contributed by atoms with Crippen LogP contribution in [0.2, 0.25) is 10.3 Å². The van der Waals surface area contributed by atoms with Crippen molar-refractivity contribution in [2.45, 2.75) is 40.6 Å². The highest BCUT2D eigenvalue weighted by atomic mass is 35.5. The number of azo groups is 2. The Kier molecular flexibility index (Phi) is 49.0. The van der Waals surface area contributed by atoms with Crippen molar-refractivity contribution in [2.75, 3.05) is 110 Å². The molecular formula is C66H93Cl2N41O15. The largest absolute Gasteiger partial charge is 0.468 e. The van der Waals surface area contributed by atoms with Crippen LogP contribution in [0.1, 0.15) is 60.3 Å².